The molecule has 1 aliphatic heterocycles. The SMILES string of the molecule is CCSc1ccc(Cl)cc1NC(=O)C1CCNCC1.Cl. The number of hydrogen-bond donors (Lipinski definition) is 2. The zero-order valence-corrected chi connectivity index (χ0v) is 13.8. The highest BCUT2D eigenvalue weighted by atomic mass is 35.5. The molecule has 0 radical (unpaired) electrons. The molecule has 1 heterocycles. The van der Waals surface area contributed by atoms with Crippen molar-refractivity contribution in [1.82, 2.24) is 5.32 Å². The number of piperidine rings is 1. The van der Waals surface area contributed by atoms with E-state index in [1.54, 1.807) is 11.8 Å². The van der Waals surface area contributed by atoms with Crippen LogP contribution in [0.4, 0.5) is 5.69 Å². The van der Waals surface area contributed by atoms with Gasteiger partial charge in [0, 0.05) is 15.8 Å². The van der Waals surface area contributed by atoms with Crippen LogP contribution in [0.1, 0.15) is 19.8 Å². The molecule has 0 aliphatic carbocycles. The summed E-state index contributed by atoms with van der Waals surface area (Å²) in [6, 6.07) is 5.66. The number of benzene rings is 1. The quantitative estimate of drug-likeness (QED) is 0.822. The molecule has 2 rings (SSSR count). The van der Waals surface area contributed by atoms with E-state index < -0.39 is 0 Å². The van der Waals surface area contributed by atoms with Crippen molar-refractivity contribution in [1.29, 1.82) is 0 Å². The van der Waals surface area contributed by atoms with E-state index >= 15 is 0 Å². The maximum absolute atomic E-state index is 12.2. The molecule has 3 nitrogen and oxygen atoms in total. The van der Waals surface area contributed by atoms with Crippen LogP contribution in [0.15, 0.2) is 23.1 Å². The normalized spacial score (nSPS) is 15.5. The second kappa shape index (κ2) is 8.78. The van der Waals surface area contributed by atoms with E-state index in [0.717, 1.165) is 42.3 Å². The van der Waals surface area contributed by atoms with E-state index in [1.165, 1.54) is 0 Å². The molecule has 6 heteroatoms. The molecule has 1 amide bonds. The summed E-state index contributed by atoms with van der Waals surface area (Å²) in [5.74, 6) is 1.19. The van der Waals surface area contributed by atoms with Gasteiger partial charge in [0.2, 0.25) is 5.91 Å². The lowest BCUT2D eigenvalue weighted by molar-refractivity contribution is -0.120. The molecule has 0 spiro atoms. The van der Waals surface area contributed by atoms with E-state index in [1.807, 2.05) is 18.2 Å². The first-order valence-electron chi connectivity index (χ1n) is 6.64. The Morgan fingerprint density at radius 2 is 2.15 bits per heavy atom. The zero-order chi connectivity index (χ0) is 13.7. The monoisotopic (exact) mass is 334 g/mol. The van der Waals surface area contributed by atoms with Gasteiger partial charge in [0.25, 0.3) is 0 Å². The van der Waals surface area contributed by atoms with Crippen LogP contribution >= 0.6 is 35.8 Å². The molecule has 1 saturated heterocycles. The number of hydrogen-bond acceptors (Lipinski definition) is 3. The molecule has 1 aliphatic rings. The van der Waals surface area contributed by atoms with Crippen LogP contribution in [0.2, 0.25) is 5.02 Å². The molecule has 20 heavy (non-hydrogen) atoms. The summed E-state index contributed by atoms with van der Waals surface area (Å²) in [6.07, 6.45) is 1.81. The Kier molecular flexibility index (Phi) is 7.74. The molecular weight excluding hydrogens is 315 g/mol. The second-order valence-electron chi connectivity index (χ2n) is 4.59. The smallest absolute Gasteiger partial charge is 0.227 e. The molecule has 0 unspecified atom stereocenters. The lowest BCUT2D eigenvalue weighted by atomic mass is 9.97. The van der Waals surface area contributed by atoms with E-state index in [4.69, 9.17) is 11.6 Å². The van der Waals surface area contributed by atoms with Gasteiger partial charge in [-0.3, -0.25) is 4.79 Å². The predicted octanol–water partition coefficient (Wildman–Crippen LogP) is 3.81. The number of nitrogens with one attached hydrogen (secondary N) is 2. The summed E-state index contributed by atoms with van der Waals surface area (Å²) >= 11 is 7.73. The van der Waals surface area contributed by atoms with Crippen molar-refractivity contribution in [3.8, 4) is 0 Å². The number of rotatable bonds is 4. The van der Waals surface area contributed by atoms with Gasteiger partial charge in [-0.05, 0) is 49.9 Å². The van der Waals surface area contributed by atoms with Crippen molar-refractivity contribution in [2.75, 3.05) is 24.2 Å². The molecular formula is C14H20Cl2N2OS. The van der Waals surface area contributed by atoms with Gasteiger partial charge in [-0.2, -0.15) is 0 Å². The molecule has 0 aromatic heterocycles. The fourth-order valence-corrected chi connectivity index (χ4v) is 3.11. The maximum atomic E-state index is 12.2. The van der Waals surface area contributed by atoms with Crippen molar-refractivity contribution in [3.63, 3.8) is 0 Å². The first-order valence-corrected chi connectivity index (χ1v) is 8.01. The molecule has 1 fully saturated rings. The number of thioether (sulfide) groups is 1. The molecule has 1 aromatic rings. The van der Waals surface area contributed by atoms with Gasteiger partial charge in [0.1, 0.15) is 0 Å². The lowest BCUT2D eigenvalue weighted by Crippen LogP contribution is -2.34. The molecule has 112 valence electrons. The minimum absolute atomic E-state index is 0. The van der Waals surface area contributed by atoms with Gasteiger partial charge in [-0.15, -0.1) is 24.2 Å². The van der Waals surface area contributed by atoms with E-state index in [-0.39, 0.29) is 24.2 Å². The predicted molar refractivity (Wildman–Crippen MR) is 89.3 cm³/mol. The highest BCUT2D eigenvalue weighted by Gasteiger charge is 2.21. The van der Waals surface area contributed by atoms with Crippen LogP contribution in [0, 0.1) is 5.92 Å². The fourth-order valence-electron chi connectivity index (χ4n) is 2.20. The van der Waals surface area contributed by atoms with E-state index in [9.17, 15) is 4.79 Å². The van der Waals surface area contributed by atoms with Gasteiger partial charge in [-0.25, -0.2) is 0 Å². The molecule has 1 aromatic carbocycles. The summed E-state index contributed by atoms with van der Waals surface area (Å²) in [4.78, 5) is 13.3. The Labute approximate surface area is 135 Å². The molecule has 0 bridgehead atoms. The van der Waals surface area contributed by atoms with Crippen LogP contribution in [0.25, 0.3) is 0 Å². The number of carbonyl (C=O) groups excluding carboxylic acids is 1. The van der Waals surface area contributed by atoms with Gasteiger partial charge >= 0.3 is 0 Å². The fraction of sp³-hybridized carbons (Fsp3) is 0.500. The molecule has 0 atom stereocenters. The van der Waals surface area contributed by atoms with E-state index in [0.29, 0.717) is 5.02 Å². The van der Waals surface area contributed by atoms with Crippen molar-refractivity contribution in [2.24, 2.45) is 5.92 Å². The van der Waals surface area contributed by atoms with Gasteiger partial charge in [0.15, 0.2) is 0 Å². The zero-order valence-electron chi connectivity index (χ0n) is 11.4. The van der Waals surface area contributed by atoms with Gasteiger partial charge in [-0.1, -0.05) is 18.5 Å². The summed E-state index contributed by atoms with van der Waals surface area (Å²) in [6.45, 7) is 3.94. The van der Waals surface area contributed by atoms with Crippen LogP contribution in [0.5, 0.6) is 0 Å². The summed E-state index contributed by atoms with van der Waals surface area (Å²) < 4.78 is 0. The highest BCUT2D eigenvalue weighted by Crippen LogP contribution is 2.30. The maximum Gasteiger partial charge on any atom is 0.227 e. The first-order chi connectivity index (χ1) is 9.20. The standard InChI is InChI=1S/C14H19ClN2OS.ClH/c1-2-19-13-4-3-11(15)9-12(13)17-14(18)10-5-7-16-8-6-10;/h3-4,9-10,16H,2,5-8H2,1H3,(H,17,18);1H. The van der Waals surface area contributed by atoms with Gasteiger partial charge in [0.05, 0.1) is 5.69 Å². The summed E-state index contributed by atoms with van der Waals surface area (Å²) in [7, 11) is 0. The van der Waals surface area contributed by atoms with Crippen LogP contribution in [-0.2, 0) is 4.79 Å². The van der Waals surface area contributed by atoms with Crippen molar-refractivity contribution in [3.05, 3.63) is 23.2 Å². The average molecular weight is 335 g/mol. The number of amides is 1. The van der Waals surface area contributed by atoms with E-state index in [2.05, 4.69) is 17.6 Å². The Morgan fingerprint density at radius 1 is 1.45 bits per heavy atom. The molecule has 2 N–H and O–H groups in total. The van der Waals surface area contributed by atoms with Gasteiger partial charge < -0.3 is 10.6 Å². The van der Waals surface area contributed by atoms with Crippen molar-refractivity contribution < 1.29 is 4.79 Å². The number of halogens is 2. The molecule has 0 saturated carbocycles. The summed E-state index contributed by atoms with van der Waals surface area (Å²) in [5, 5.41) is 6.96. The van der Waals surface area contributed by atoms with Crippen LogP contribution in [-0.4, -0.2) is 24.7 Å². The Morgan fingerprint density at radius 3 is 2.80 bits per heavy atom. The third-order valence-corrected chi connectivity index (χ3v) is 4.40. The average Bonchev–Trinajstić information content (AvgIpc) is 2.43. The van der Waals surface area contributed by atoms with Crippen LogP contribution in [0.3, 0.4) is 0 Å². The van der Waals surface area contributed by atoms with Crippen molar-refractivity contribution in [2.45, 2.75) is 24.7 Å². The number of anilines is 1. The Balaban J connectivity index is 0.00000200. The minimum atomic E-state index is 0. The second-order valence-corrected chi connectivity index (χ2v) is 6.33. The first kappa shape index (κ1) is 17.6. The van der Waals surface area contributed by atoms with Crippen LogP contribution < -0.4 is 10.6 Å². The number of carbonyl (C=O) groups is 1. The minimum Gasteiger partial charge on any atom is -0.325 e. The third-order valence-electron chi connectivity index (χ3n) is 3.21. The Bertz CT molecular complexity index is 451. The third kappa shape index (κ3) is 4.85. The summed E-state index contributed by atoms with van der Waals surface area (Å²) in [5.41, 5.74) is 0.836. The van der Waals surface area contributed by atoms with Crippen molar-refractivity contribution >= 4 is 47.4 Å². The Hall–Kier alpha value is -0.420. The topological polar surface area (TPSA) is 41.1 Å². The highest BCUT2D eigenvalue weighted by molar-refractivity contribution is 7.99. The largest absolute Gasteiger partial charge is 0.325 e. The lowest BCUT2D eigenvalue weighted by Gasteiger charge is -2.22.